The van der Waals surface area contributed by atoms with Crippen molar-refractivity contribution >= 4 is 5.97 Å². The van der Waals surface area contributed by atoms with Crippen molar-refractivity contribution in [2.75, 3.05) is 32.7 Å². The zero-order valence-electron chi connectivity index (χ0n) is 12.6. The number of carbonyl (C=O) groups is 1. The summed E-state index contributed by atoms with van der Waals surface area (Å²) in [5.41, 5.74) is 0.179. The summed E-state index contributed by atoms with van der Waals surface area (Å²) in [6, 6.07) is 0. The third-order valence-corrected chi connectivity index (χ3v) is 4.35. The molecule has 0 bridgehead atoms. The predicted octanol–water partition coefficient (Wildman–Crippen LogP) is 1.79. The van der Waals surface area contributed by atoms with E-state index in [0.717, 1.165) is 26.2 Å². The molecule has 0 aromatic heterocycles. The average molecular weight is 268 g/mol. The molecular weight excluding hydrogens is 240 g/mol. The topological polar surface area (TPSA) is 41.6 Å². The van der Waals surface area contributed by atoms with Crippen molar-refractivity contribution in [3.8, 4) is 0 Å². The van der Waals surface area contributed by atoms with Crippen LogP contribution in [0.2, 0.25) is 0 Å². The fourth-order valence-corrected chi connectivity index (χ4v) is 3.20. The van der Waals surface area contributed by atoms with Crippen molar-refractivity contribution in [2.24, 2.45) is 5.41 Å². The number of piperidine rings is 2. The molecule has 0 unspecified atom stereocenters. The first-order chi connectivity index (χ1) is 8.89. The summed E-state index contributed by atoms with van der Waals surface area (Å²) < 4.78 is 5.39. The number of carbonyl (C=O) groups excluding carboxylic acids is 1. The summed E-state index contributed by atoms with van der Waals surface area (Å²) >= 11 is 0. The van der Waals surface area contributed by atoms with Crippen molar-refractivity contribution in [2.45, 2.75) is 52.1 Å². The van der Waals surface area contributed by atoms with Gasteiger partial charge in [-0.3, -0.25) is 9.69 Å². The zero-order valence-corrected chi connectivity index (χ0v) is 12.6. The smallest absolute Gasteiger partial charge is 0.320 e. The summed E-state index contributed by atoms with van der Waals surface area (Å²) in [4.78, 5) is 14.1. The second-order valence-corrected chi connectivity index (χ2v) is 7.11. The van der Waals surface area contributed by atoms with E-state index in [1.807, 2.05) is 20.8 Å². The summed E-state index contributed by atoms with van der Waals surface area (Å²) in [7, 11) is 0. The molecule has 0 radical (unpaired) electrons. The normalized spacial score (nSPS) is 24.4. The Morgan fingerprint density at radius 2 is 1.74 bits per heavy atom. The highest BCUT2D eigenvalue weighted by Gasteiger charge is 2.36. The van der Waals surface area contributed by atoms with Crippen molar-refractivity contribution in [1.29, 1.82) is 0 Å². The highest BCUT2D eigenvalue weighted by molar-refractivity contribution is 5.72. The van der Waals surface area contributed by atoms with E-state index in [0.29, 0.717) is 12.0 Å². The molecule has 4 heteroatoms. The minimum atomic E-state index is -0.372. The molecule has 0 aliphatic carbocycles. The van der Waals surface area contributed by atoms with E-state index < -0.39 is 0 Å². The van der Waals surface area contributed by atoms with Gasteiger partial charge in [0, 0.05) is 0 Å². The fourth-order valence-electron chi connectivity index (χ4n) is 3.20. The molecule has 1 spiro atoms. The van der Waals surface area contributed by atoms with Crippen LogP contribution in [0.4, 0.5) is 0 Å². The van der Waals surface area contributed by atoms with E-state index >= 15 is 0 Å². The van der Waals surface area contributed by atoms with Crippen molar-refractivity contribution in [3.63, 3.8) is 0 Å². The van der Waals surface area contributed by atoms with E-state index in [2.05, 4.69) is 10.2 Å². The number of ether oxygens (including phenoxy) is 1. The van der Waals surface area contributed by atoms with Gasteiger partial charge in [0.2, 0.25) is 0 Å². The fraction of sp³-hybridized carbons (Fsp3) is 0.933. The van der Waals surface area contributed by atoms with Crippen LogP contribution in [-0.4, -0.2) is 49.2 Å². The molecule has 2 fully saturated rings. The Kier molecular flexibility index (Phi) is 4.51. The summed E-state index contributed by atoms with van der Waals surface area (Å²) in [5.74, 6) is -0.0891. The lowest BCUT2D eigenvalue weighted by molar-refractivity contribution is -0.156. The molecular formula is C15H28N2O2. The number of nitrogens with one attached hydrogen (secondary N) is 1. The van der Waals surface area contributed by atoms with Gasteiger partial charge in [0.15, 0.2) is 0 Å². The maximum Gasteiger partial charge on any atom is 0.320 e. The SMILES string of the molecule is CC(C)(C)OC(=O)CN1CCC2(CCNCC2)CC1. The Hall–Kier alpha value is -0.610. The lowest BCUT2D eigenvalue weighted by Gasteiger charge is -2.44. The number of hydrogen-bond donors (Lipinski definition) is 1. The van der Waals surface area contributed by atoms with Crippen LogP contribution in [0.15, 0.2) is 0 Å². The minimum absolute atomic E-state index is 0.0891. The van der Waals surface area contributed by atoms with Gasteiger partial charge in [0.25, 0.3) is 0 Å². The summed E-state index contributed by atoms with van der Waals surface area (Å²) in [5, 5.41) is 3.44. The average Bonchev–Trinajstić information content (AvgIpc) is 2.31. The lowest BCUT2D eigenvalue weighted by Crippen LogP contribution is -2.47. The van der Waals surface area contributed by atoms with Crippen LogP contribution in [0.3, 0.4) is 0 Å². The Labute approximate surface area is 116 Å². The van der Waals surface area contributed by atoms with Gasteiger partial charge in [-0.15, -0.1) is 0 Å². The van der Waals surface area contributed by atoms with E-state index in [-0.39, 0.29) is 11.6 Å². The summed E-state index contributed by atoms with van der Waals surface area (Å²) in [6.07, 6.45) is 5.06. The molecule has 2 aliphatic heterocycles. The number of hydrogen-bond acceptors (Lipinski definition) is 4. The molecule has 2 rings (SSSR count). The molecule has 0 atom stereocenters. The number of nitrogens with zero attached hydrogens (tertiary/aromatic N) is 1. The van der Waals surface area contributed by atoms with Crippen LogP contribution in [0, 0.1) is 5.41 Å². The third-order valence-electron chi connectivity index (χ3n) is 4.35. The van der Waals surface area contributed by atoms with Gasteiger partial charge in [-0.25, -0.2) is 0 Å². The first-order valence-corrected chi connectivity index (χ1v) is 7.54. The predicted molar refractivity (Wildman–Crippen MR) is 76.1 cm³/mol. The Bertz CT molecular complexity index is 307. The molecule has 4 nitrogen and oxygen atoms in total. The van der Waals surface area contributed by atoms with E-state index in [1.165, 1.54) is 25.7 Å². The number of rotatable bonds is 2. The van der Waals surface area contributed by atoms with Crippen molar-refractivity contribution < 1.29 is 9.53 Å². The Morgan fingerprint density at radius 1 is 1.16 bits per heavy atom. The van der Waals surface area contributed by atoms with Crippen LogP contribution < -0.4 is 5.32 Å². The van der Waals surface area contributed by atoms with Gasteiger partial charge in [-0.05, 0) is 78.0 Å². The van der Waals surface area contributed by atoms with Crippen molar-refractivity contribution in [3.05, 3.63) is 0 Å². The van der Waals surface area contributed by atoms with Gasteiger partial charge < -0.3 is 10.1 Å². The Morgan fingerprint density at radius 3 is 2.26 bits per heavy atom. The molecule has 110 valence electrons. The number of likely N-dealkylation sites (tertiary alicyclic amines) is 1. The van der Waals surface area contributed by atoms with Crippen LogP contribution in [0.25, 0.3) is 0 Å². The van der Waals surface area contributed by atoms with E-state index in [9.17, 15) is 4.79 Å². The monoisotopic (exact) mass is 268 g/mol. The zero-order chi connectivity index (χ0) is 13.9. The van der Waals surface area contributed by atoms with Gasteiger partial charge in [-0.2, -0.15) is 0 Å². The molecule has 2 heterocycles. The quantitative estimate of drug-likeness (QED) is 0.775. The second kappa shape index (κ2) is 5.80. The maximum absolute atomic E-state index is 11.8. The number of esters is 1. The summed E-state index contributed by atoms with van der Waals surface area (Å²) in [6.45, 7) is 10.6. The van der Waals surface area contributed by atoms with E-state index in [1.54, 1.807) is 0 Å². The second-order valence-electron chi connectivity index (χ2n) is 7.11. The maximum atomic E-state index is 11.8. The molecule has 0 aromatic rings. The largest absolute Gasteiger partial charge is 0.459 e. The molecule has 2 aliphatic rings. The minimum Gasteiger partial charge on any atom is -0.459 e. The van der Waals surface area contributed by atoms with Crippen LogP contribution in [0.1, 0.15) is 46.5 Å². The Balaban J connectivity index is 1.75. The standard InChI is InChI=1S/C15H28N2O2/c1-14(2,3)19-13(18)12-17-10-6-15(7-11-17)4-8-16-9-5-15/h16H,4-12H2,1-3H3. The third kappa shape index (κ3) is 4.46. The first-order valence-electron chi connectivity index (χ1n) is 7.54. The van der Waals surface area contributed by atoms with Gasteiger partial charge in [0.05, 0.1) is 6.54 Å². The van der Waals surface area contributed by atoms with Gasteiger partial charge in [-0.1, -0.05) is 0 Å². The molecule has 0 aromatic carbocycles. The lowest BCUT2D eigenvalue weighted by atomic mass is 9.71. The molecule has 19 heavy (non-hydrogen) atoms. The van der Waals surface area contributed by atoms with Crippen LogP contribution in [0.5, 0.6) is 0 Å². The first kappa shape index (κ1) is 14.8. The van der Waals surface area contributed by atoms with Crippen LogP contribution >= 0.6 is 0 Å². The molecule has 2 saturated heterocycles. The van der Waals surface area contributed by atoms with Gasteiger partial charge >= 0.3 is 5.97 Å². The highest BCUT2D eigenvalue weighted by Crippen LogP contribution is 2.39. The molecule has 0 saturated carbocycles. The molecule has 0 amide bonds. The highest BCUT2D eigenvalue weighted by atomic mass is 16.6. The molecule has 1 N–H and O–H groups in total. The van der Waals surface area contributed by atoms with Gasteiger partial charge in [0.1, 0.15) is 5.60 Å². The van der Waals surface area contributed by atoms with E-state index in [4.69, 9.17) is 4.74 Å². The van der Waals surface area contributed by atoms with Crippen LogP contribution in [-0.2, 0) is 9.53 Å². The van der Waals surface area contributed by atoms with Crippen molar-refractivity contribution in [1.82, 2.24) is 10.2 Å².